The zero-order valence-corrected chi connectivity index (χ0v) is 13.5. The second kappa shape index (κ2) is 10.7. The molecule has 0 atom stereocenters. The Labute approximate surface area is 129 Å². The van der Waals surface area contributed by atoms with Crippen molar-refractivity contribution in [3.63, 3.8) is 0 Å². The normalized spacial score (nSPS) is 10.3. The van der Waals surface area contributed by atoms with E-state index in [4.69, 9.17) is 4.74 Å². The van der Waals surface area contributed by atoms with Gasteiger partial charge in [-0.3, -0.25) is 0 Å². The smallest absolute Gasteiger partial charge is 0.315 e. The largest absolute Gasteiger partial charge is 0.381 e. The summed E-state index contributed by atoms with van der Waals surface area (Å²) >= 11 is 3.38. The molecule has 0 heterocycles. The van der Waals surface area contributed by atoms with E-state index in [1.807, 2.05) is 24.3 Å². The maximum absolute atomic E-state index is 11.5. The predicted molar refractivity (Wildman–Crippen MR) is 84.7 cm³/mol. The maximum atomic E-state index is 11.5. The molecular weight excluding hydrogens is 320 g/mol. The third kappa shape index (κ3) is 8.17. The van der Waals surface area contributed by atoms with Crippen molar-refractivity contribution >= 4 is 22.0 Å². The van der Waals surface area contributed by atoms with Crippen molar-refractivity contribution in [3.8, 4) is 0 Å². The first kappa shape index (κ1) is 17.0. The molecule has 20 heavy (non-hydrogen) atoms. The molecule has 4 nitrogen and oxygen atoms in total. The molecule has 1 rings (SSSR count). The van der Waals surface area contributed by atoms with Crippen molar-refractivity contribution < 1.29 is 9.53 Å². The van der Waals surface area contributed by atoms with Crippen molar-refractivity contribution in [1.29, 1.82) is 0 Å². The number of nitrogens with one attached hydrogen (secondary N) is 2. The first-order valence-electron chi connectivity index (χ1n) is 7.06. The zero-order chi connectivity index (χ0) is 14.6. The predicted octanol–water partition coefficient (Wildman–Crippen LogP) is 3.46. The molecule has 0 aromatic heterocycles. The molecule has 0 saturated carbocycles. The summed E-state index contributed by atoms with van der Waals surface area (Å²) in [5.41, 5.74) is 1.08. The van der Waals surface area contributed by atoms with Gasteiger partial charge in [-0.05, 0) is 30.5 Å². The summed E-state index contributed by atoms with van der Waals surface area (Å²) in [5, 5.41) is 5.64. The molecule has 1 aromatic rings. The van der Waals surface area contributed by atoms with Crippen LogP contribution in [0.4, 0.5) is 4.79 Å². The van der Waals surface area contributed by atoms with E-state index in [1.165, 1.54) is 0 Å². The van der Waals surface area contributed by atoms with Crippen LogP contribution in [0.15, 0.2) is 28.7 Å². The van der Waals surface area contributed by atoms with Crippen LogP contribution < -0.4 is 10.6 Å². The lowest BCUT2D eigenvalue weighted by atomic mass is 10.2. The molecule has 0 aliphatic rings. The van der Waals surface area contributed by atoms with Crippen LogP contribution >= 0.6 is 15.9 Å². The molecule has 0 aliphatic carbocycles. The Kier molecular flexibility index (Phi) is 9.07. The van der Waals surface area contributed by atoms with Crippen LogP contribution in [-0.2, 0) is 11.3 Å². The van der Waals surface area contributed by atoms with Crippen LogP contribution in [0.1, 0.15) is 31.7 Å². The Balaban J connectivity index is 2.01. The highest BCUT2D eigenvalue weighted by atomic mass is 79.9. The van der Waals surface area contributed by atoms with E-state index in [1.54, 1.807) is 0 Å². The average Bonchev–Trinajstić information content (AvgIpc) is 2.46. The van der Waals surface area contributed by atoms with Gasteiger partial charge in [-0.1, -0.05) is 41.4 Å². The summed E-state index contributed by atoms with van der Waals surface area (Å²) < 4.78 is 6.46. The fourth-order valence-electron chi connectivity index (χ4n) is 1.57. The number of amides is 2. The van der Waals surface area contributed by atoms with Gasteiger partial charge in [0, 0.05) is 30.8 Å². The van der Waals surface area contributed by atoms with E-state index in [-0.39, 0.29) is 6.03 Å². The lowest BCUT2D eigenvalue weighted by Gasteiger charge is -2.08. The Morgan fingerprint density at radius 1 is 1.15 bits per heavy atom. The van der Waals surface area contributed by atoms with Crippen LogP contribution in [-0.4, -0.2) is 25.8 Å². The van der Waals surface area contributed by atoms with E-state index in [2.05, 4.69) is 33.5 Å². The topological polar surface area (TPSA) is 50.4 Å². The number of benzene rings is 1. The van der Waals surface area contributed by atoms with Crippen LogP contribution in [0.25, 0.3) is 0 Å². The second-order valence-electron chi connectivity index (χ2n) is 4.56. The van der Waals surface area contributed by atoms with E-state index in [0.29, 0.717) is 19.7 Å². The molecule has 0 spiro atoms. The van der Waals surface area contributed by atoms with Crippen molar-refractivity contribution in [2.45, 2.75) is 32.7 Å². The molecule has 0 bridgehead atoms. The van der Waals surface area contributed by atoms with E-state index in [0.717, 1.165) is 35.9 Å². The van der Waals surface area contributed by atoms with Crippen LogP contribution in [0, 0.1) is 0 Å². The van der Waals surface area contributed by atoms with Gasteiger partial charge in [-0.25, -0.2) is 4.79 Å². The number of rotatable bonds is 9. The van der Waals surface area contributed by atoms with Gasteiger partial charge in [0.05, 0.1) is 0 Å². The van der Waals surface area contributed by atoms with E-state index >= 15 is 0 Å². The van der Waals surface area contributed by atoms with Gasteiger partial charge >= 0.3 is 6.03 Å². The van der Waals surface area contributed by atoms with Crippen LogP contribution in [0.5, 0.6) is 0 Å². The number of unbranched alkanes of at least 4 members (excludes halogenated alkanes) is 1. The number of ether oxygens (including phenoxy) is 1. The first-order chi connectivity index (χ1) is 9.72. The lowest BCUT2D eigenvalue weighted by molar-refractivity contribution is 0.129. The number of carbonyl (C=O) groups excluding carboxylic acids is 1. The van der Waals surface area contributed by atoms with Gasteiger partial charge in [-0.15, -0.1) is 0 Å². The van der Waals surface area contributed by atoms with Gasteiger partial charge in [-0.2, -0.15) is 0 Å². The van der Waals surface area contributed by atoms with Crippen molar-refractivity contribution in [3.05, 3.63) is 34.3 Å². The minimum absolute atomic E-state index is 0.138. The van der Waals surface area contributed by atoms with Gasteiger partial charge in [0.1, 0.15) is 0 Å². The molecule has 0 radical (unpaired) electrons. The number of carbonyl (C=O) groups is 1. The van der Waals surface area contributed by atoms with Crippen molar-refractivity contribution in [1.82, 2.24) is 10.6 Å². The SMILES string of the molecule is CCCCOCCCNC(=O)NCc1ccc(Br)cc1. The Hall–Kier alpha value is -1.07. The molecular formula is C15H23BrN2O2. The summed E-state index contributed by atoms with van der Waals surface area (Å²) in [5.74, 6) is 0. The standard InChI is InChI=1S/C15H23BrN2O2/c1-2-3-10-20-11-4-9-17-15(19)18-12-13-5-7-14(16)8-6-13/h5-8H,2-4,9-12H2,1H3,(H2,17,18,19). The summed E-state index contributed by atoms with van der Waals surface area (Å²) in [4.78, 5) is 11.5. The fourth-order valence-corrected chi connectivity index (χ4v) is 1.84. The second-order valence-corrected chi connectivity index (χ2v) is 5.47. The molecule has 5 heteroatoms. The Morgan fingerprint density at radius 3 is 2.55 bits per heavy atom. The average molecular weight is 343 g/mol. The fraction of sp³-hybridized carbons (Fsp3) is 0.533. The van der Waals surface area contributed by atoms with Gasteiger partial charge in [0.25, 0.3) is 0 Å². The molecule has 0 unspecified atom stereocenters. The van der Waals surface area contributed by atoms with E-state index in [9.17, 15) is 4.79 Å². The minimum atomic E-state index is -0.138. The van der Waals surface area contributed by atoms with Crippen LogP contribution in [0.2, 0.25) is 0 Å². The molecule has 2 N–H and O–H groups in total. The quantitative estimate of drug-likeness (QED) is 0.675. The summed E-state index contributed by atoms with van der Waals surface area (Å²) in [6.07, 6.45) is 3.09. The third-order valence-electron chi connectivity index (χ3n) is 2.76. The first-order valence-corrected chi connectivity index (χ1v) is 7.85. The number of urea groups is 1. The maximum Gasteiger partial charge on any atom is 0.315 e. The molecule has 2 amide bonds. The summed E-state index contributed by atoms with van der Waals surface area (Å²) in [6.45, 7) is 4.82. The lowest BCUT2D eigenvalue weighted by Crippen LogP contribution is -2.35. The van der Waals surface area contributed by atoms with Gasteiger partial charge in [0.15, 0.2) is 0 Å². The molecule has 112 valence electrons. The highest BCUT2D eigenvalue weighted by Gasteiger charge is 1.99. The summed E-state index contributed by atoms with van der Waals surface area (Å²) in [6, 6.07) is 7.74. The zero-order valence-electron chi connectivity index (χ0n) is 12.0. The van der Waals surface area contributed by atoms with Crippen molar-refractivity contribution in [2.24, 2.45) is 0 Å². The van der Waals surface area contributed by atoms with Crippen molar-refractivity contribution in [2.75, 3.05) is 19.8 Å². The molecule has 0 aliphatic heterocycles. The number of hydrogen-bond acceptors (Lipinski definition) is 2. The van der Waals surface area contributed by atoms with E-state index < -0.39 is 0 Å². The molecule has 0 fully saturated rings. The highest BCUT2D eigenvalue weighted by Crippen LogP contribution is 2.09. The summed E-state index contributed by atoms with van der Waals surface area (Å²) in [7, 11) is 0. The monoisotopic (exact) mass is 342 g/mol. The van der Waals surface area contributed by atoms with Gasteiger partial charge < -0.3 is 15.4 Å². The van der Waals surface area contributed by atoms with Gasteiger partial charge in [0.2, 0.25) is 0 Å². The highest BCUT2D eigenvalue weighted by molar-refractivity contribution is 9.10. The minimum Gasteiger partial charge on any atom is -0.381 e. The Bertz CT molecular complexity index is 382. The third-order valence-corrected chi connectivity index (χ3v) is 3.29. The number of hydrogen-bond donors (Lipinski definition) is 2. The van der Waals surface area contributed by atoms with Crippen LogP contribution in [0.3, 0.4) is 0 Å². The number of halogens is 1. The Morgan fingerprint density at radius 2 is 1.85 bits per heavy atom. The molecule has 0 saturated heterocycles. The molecule has 1 aromatic carbocycles.